The standard InChI is InChI=1S/C11H19N3O3/c1-15-3-2-4-16-5-6-17-11-9-13-8-10(7-12)14-11/h8-9H,2-7,12H2,1H3. The van der Waals surface area contributed by atoms with Crippen LogP contribution in [0.15, 0.2) is 12.4 Å². The molecule has 0 unspecified atom stereocenters. The van der Waals surface area contributed by atoms with Crippen molar-refractivity contribution in [2.75, 3.05) is 33.5 Å². The molecule has 1 heterocycles. The van der Waals surface area contributed by atoms with E-state index in [0.717, 1.165) is 6.42 Å². The maximum atomic E-state index is 5.45. The molecule has 17 heavy (non-hydrogen) atoms. The second-order valence-corrected chi connectivity index (χ2v) is 3.36. The Balaban J connectivity index is 2.09. The second-order valence-electron chi connectivity index (χ2n) is 3.36. The van der Waals surface area contributed by atoms with Crippen LogP contribution in [0, 0.1) is 0 Å². The largest absolute Gasteiger partial charge is 0.474 e. The lowest BCUT2D eigenvalue weighted by atomic mass is 10.4. The fraction of sp³-hybridized carbons (Fsp3) is 0.636. The second kappa shape index (κ2) is 8.86. The fourth-order valence-electron chi connectivity index (χ4n) is 1.17. The number of nitrogens with two attached hydrogens (primary N) is 1. The highest BCUT2D eigenvalue weighted by molar-refractivity contribution is 5.07. The summed E-state index contributed by atoms with van der Waals surface area (Å²) in [6.07, 6.45) is 4.07. The minimum Gasteiger partial charge on any atom is -0.474 e. The maximum absolute atomic E-state index is 5.45. The SMILES string of the molecule is COCCCOCCOc1cncc(CN)n1. The lowest BCUT2D eigenvalue weighted by molar-refractivity contribution is 0.0794. The normalized spacial score (nSPS) is 10.5. The van der Waals surface area contributed by atoms with Crippen LogP contribution in [0.5, 0.6) is 5.88 Å². The van der Waals surface area contributed by atoms with Gasteiger partial charge in [0.05, 0.1) is 18.5 Å². The first-order valence-corrected chi connectivity index (χ1v) is 5.57. The van der Waals surface area contributed by atoms with Gasteiger partial charge >= 0.3 is 0 Å². The first-order chi connectivity index (χ1) is 8.36. The molecule has 0 aliphatic rings. The van der Waals surface area contributed by atoms with E-state index >= 15 is 0 Å². The maximum Gasteiger partial charge on any atom is 0.232 e. The molecule has 0 aromatic carbocycles. The Morgan fingerprint density at radius 1 is 1.18 bits per heavy atom. The van der Waals surface area contributed by atoms with Crippen molar-refractivity contribution in [3.05, 3.63) is 18.1 Å². The van der Waals surface area contributed by atoms with Crippen molar-refractivity contribution in [2.24, 2.45) is 5.73 Å². The van der Waals surface area contributed by atoms with Crippen molar-refractivity contribution in [1.29, 1.82) is 0 Å². The first kappa shape index (κ1) is 13.8. The van der Waals surface area contributed by atoms with Crippen LogP contribution in [0.4, 0.5) is 0 Å². The van der Waals surface area contributed by atoms with Gasteiger partial charge in [-0.3, -0.25) is 4.98 Å². The Morgan fingerprint density at radius 2 is 2.06 bits per heavy atom. The molecule has 6 nitrogen and oxygen atoms in total. The molecule has 0 radical (unpaired) electrons. The highest BCUT2D eigenvalue weighted by Crippen LogP contribution is 2.04. The number of hydrogen-bond donors (Lipinski definition) is 1. The number of ether oxygens (including phenoxy) is 3. The molecule has 1 aromatic heterocycles. The Labute approximate surface area is 101 Å². The molecular weight excluding hydrogens is 222 g/mol. The number of nitrogens with zero attached hydrogens (tertiary/aromatic N) is 2. The third kappa shape index (κ3) is 6.15. The average molecular weight is 241 g/mol. The Morgan fingerprint density at radius 3 is 2.82 bits per heavy atom. The molecule has 0 spiro atoms. The molecule has 2 N–H and O–H groups in total. The summed E-state index contributed by atoms with van der Waals surface area (Å²) in [5.41, 5.74) is 6.16. The van der Waals surface area contributed by atoms with Gasteiger partial charge < -0.3 is 19.9 Å². The van der Waals surface area contributed by atoms with E-state index in [9.17, 15) is 0 Å². The van der Waals surface area contributed by atoms with Crippen LogP contribution in [-0.4, -0.2) is 43.5 Å². The van der Waals surface area contributed by atoms with Crippen LogP contribution >= 0.6 is 0 Å². The van der Waals surface area contributed by atoms with Crippen LogP contribution in [0.2, 0.25) is 0 Å². The molecule has 0 aliphatic heterocycles. The summed E-state index contributed by atoms with van der Waals surface area (Å²) in [4.78, 5) is 8.12. The quantitative estimate of drug-likeness (QED) is 0.629. The van der Waals surface area contributed by atoms with Crippen molar-refractivity contribution >= 4 is 0 Å². The topological polar surface area (TPSA) is 79.5 Å². The molecule has 1 aromatic rings. The Kier molecular flexibility index (Phi) is 7.20. The summed E-state index contributed by atoms with van der Waals surface area (Å²) in [5, 5.41) is 0. The summed E-state index contributed by atoms with van der Waals surface area (Å²) < 4.78 is 15.6. The highest BCUT2D eigenvalue weighted by Gasteiger charge is 1.98. The monoisotopic (exact) mass is 241 g/mol. The summed E-state index contributed by atoms with van der Waals surface area (Å²) in [6.45, 7) is 2.72. The lowest BCUT2D eigenvalue weighted by Crippen LogP contribution is -2.10. The molecule has 0 amide bonds. The minimum atomic E-state index is 0.359. The van der Waals surface area contributed by atoms with E-state index < -0.39 is 0 Å². The van der Waals surface area contributed by atoms with Crippen LogP contribution in [-0.2, 0) is 16.0 Å². The van der Waals surface area contributed by atoms with Crippen LogP contribution in [0.3, 0.4) is 0 Å². The van der Waals surface area contributed by atoms with Gasteiger partial charge in [0.25, 0.3) is 0 Å². The zero-order valence-electron chi connectivity index (χ0n) is 10.1. The molecule has 1 rings (SSSR count). The van der Waals surface area contributed by atoms with E-state index in [4.69, 9.17) is 19.9 Å². The van der Waals surface area contributed by atoms with Crippen LogP contribution in [0.25, 0.3) is 0 Å². The highest BCUT2D eigenvalue weighted by atomic mass is 16.5. The van der Waals surface area contributed by atoms with Crippen LogP contribution < -0.4 is 10.5 Å². The molecule has 6 heteroatoms. The molecular formula is C11H19N3O3. The van der Waals surface area contributed by atoms with Crippen LogP contribution in [0.1, 0.15) is 12.1 Å². The van der Waals surface area contributed by atoms with Crippen molar-refractivity contribution in [2.45, 2.75) is 13.0 Å². The third-order valence-electron chi connectivity index (χ3n) is 1.99. The van der Waals surface area contributed by atoms with Crippen molar-refractivity contribution in [1.82, 2.24) is 9.97 Å². The zero-order chi connectivity index (χ0) is 12.3. The Hall–Kier alpha value is -1.24. The van der Waals surface area contributed by atoms with E-state index in [1.165, 1.54) is 0 Å². The molecule has 0 saturated carbocycles. The van der Waals surface area contributed by atoms with Gasteiger partial charge in [-0.05, 0) is 6.42 Å². The van der Waals surface area contributed by atoms with E-state index in [1.54, 1.807) is 19.5 Å². The zero-order valence-corrected chi connectivity index (χ0v) is 10.1. The van der Waals surface area contributed by atoms with E-state index in [2.05, 4.69) is 9.97 Å². The first-order valence-electron chi connectivity index (χ1n) is 5.57. The fourth-order valence-corrected chi connectivity index (χ4v) is 1.17. The van der Waals surface area contributed by atoms with E-state index in [0.29, 0.717) is 44.5 Å². The van der Waals surface area contributed by atoms with Gasteiger partial charge in [-0.1, -0.05) is 0 Å². The molecule has 0 saturated heterocycles. The molecule has 96 valence electrons. The van der Waals surface area contributed by atoms with Gasteiger partial charge in [-0.2, -0.15) is 0 Å². The van der Waals surface area contributed by atoms with Gasteiger partial charge in [0.15, 0.2) is 0 Å². The summed E-state index contributed by atoms with van der Waals surface area (Å²) in [5.74, 6) is 0.480. The van der Waals surface area contributed by atoms with Gasteiger partial charge in [-0.15, -0.1) is 0 Å². The van der Waals surface area contributed by atoms with Crippen molar-refractivity contribution < 1.29 is 14.2 Å². The number of aromatic nitrogens is 2. The van der Waals surface area contributed by atoms with E-state index in [1.807, 2.05) is 0 Å². The number of methoxy groups -OCH3 is 1. The average Bonchev–Trinajstić information content (AvgIpc) is 2.38. The van der Waals surface area contributed by atoms with Gasteiger partial charge in [-0.25, -0.2) is 4.98 Å². The number of rotatable bonds is 9. The van der Waals surface area contributed by atoms with E-state index in [-0.39, 0.29) is 0 Å². The third-order valence-corrected chi connectivity index (χ3v) is 1.99. The molecule has 0 fully saturated rings. The lowest BCUT2D eigenvalue weighted by Gasteiger charge is -2.06. The summed E-state index contributed by atoms with van der Waals surface area (Å²) in [6, 6.07) is 0. The predicted molar refractivity (Wildman–Crippen MR) is 62.7 cm³/mol. The molecule has 0 aliphatic carbocycles. The number of hydrogen-bond acceptors (Lipinski definition) is 6. The molecule has 0 bridgehead atoms. The molecule has 0 atom stereocenters. The van der Waals surface area contributed by atoms with Gasteiger partial charge in [0.2, 0.25) is 5.88 Å². The minimum absolute atomic E-state index is 0.359. The smallest absolute Gasteiger partial charge is 0.232 e. The van der Waals surface area contributed by atoms with Crippen molar-refractivity contribution in [3.8, 4) is 5.88 Å². The van der Waals surface area contributed by atoms with Gasteiger partial charge in [0, 0.05) is 33.1 Å². The predicted octanol–water partition coefficient (Wildman–Crippen LogP) is 0.367. The Bertz CT molecular complexity index is 310. The van der Waals surface area contributed by atoms with Gasteiger partial charge in [0.1, 0.15) is 6.61 Å². The van der Waals surface area contributed by atoms with Crippen molar-refractivity contribution in [3.63, 3.8) is 0 Å². The summed E-state index contributed by atoms with van der Waals surface area (Å²) >= 11 is 0. The summed E-state index contributed by atoms with van der Waals surface area (Å²) in [7, 11) is 1.67.